The fourth-order valence-electron chi connectivity index (χ4n) is 6.32. The van der Waals surface area contributed by atoms with Crippen molar-refractivity contribution >= 4 is 12.0 Å². The van der Waals surface area contributed by atoms with Crippen molar-refractivity contribution in [1.29, 1.82) is 0 Å². The molecule has 3 atom stereocenters. The predicted molar refractivity (Wildman–Crippen MR) is 160 cm³/mol. The molecule has 3 aromatic carbocycles. The van der Waals surface area contributed by atoms with Gasteiger partial charge in [-0.2, -0.15) is 26.3 Å². The van der Waals surface area contributed by atoms with Crippen molar-refractivity contribution in [3.8, 4) is 0 Å². The molecule has 5 rings (SSSR count). The van der Waals surface area contributed by atoms with Gasteiger partial charge in [0.1, 0.15) is 12.1 Å². The number of hydrogen-bond donors (Lipinski definition) is 2. The van der Waals surface area contributed by atoms with Crippen molar-refractivity contribution < 1.29 is 45.4 Å². The second-order valence-corrected chi connectivity index (χ2v) is 12.6. The smallest absolute Gasteiger partial charge is 0.416 e. The highest BCUT2D eigenvalue weighted by Gasteiger charge is 2.59. The number of amides is 2. The quantitative estimate of drug-likeness (QED) is 0.259. The van der Waals surface area contributed by atoms with E-state index in [4.69, 9.17) is 9.47 Å². The molecule has 1 spiro atoms. The highest BCUT2D eigenvalue weighted by molar-refractivity contribution is 5.90. The zero-order valence-corrected chi connectivity index (χ0v) is 26.0. The van der Waals surface area contributed by atoms with E-state index in [1.807, 2.05) is 6.07 Å². The number of likely N-dealkylation sites (tertiary alicyclic amines) is 1. The molecule has 2 fully saturated rings. The number of hydrogen-bond acceptors (Lipinski definition) is 5. The van der Waals surface area contributed by atoms with Crippen LogP contribution in [0.4, 0.5) is 31.1 Å². The van der Waals surface area contributed by atoms with Gasteiger partial charge in [-0.25, -0.2) is 4.79 Å². The zero-order valence-electron chi connectivity index (χ0n) is 26.0. The second-order valence-electron chi connectivity index (χ2n) is 12.6. The van der Waals surface area contributed by atoms with Crippen molar-refractivity contribution in [3.05, 3.63) is 107 Å². The fraction of sp³-hybridized carbons (Fsp3) is 0.412. The summed E-state index contributed by atoms with van der Waals surface area (Å²) in [5.41, 5.74) is -5.22. The Bertz CT molecular complexity index is 1570. The van der Waals surface area contributed by atoms with Crippen molar-refractivity contribution in [2.24, 2.45) is 0 Å². The SMILES string of the molecule is CC(OCC1(c2ccccc2)CCC2(CN1C(=O)OCc1ccccc1)NC(C)(C)NC2=O)c1cc(C(F)(F)F)cc(C(F)(F)F)c1. The molecule has 3 unspecified atom stereocenters. The van der Waals surface area contributed by atoms with Gasteiger partial charge in [0, 0.05) is 0 Å². The number of nitrogens with one attached hydrogen (secondary N) is 2. The van der Waals surface area contributed by atoms with E-state index in [0.717, 1.165) is 0 Å². The molecule has 252 valence electrons. The van der Waals surface area contributed by atoms with Crippen LogP contribution in [-0.2, 0) is 38.8 Å². The lowest BCUT2D eigenvalue weighted by Crippen LogP contribution is -2.67. The Hall–Kier alpha value is -4.10. The third-order valence-electron chi connectivity index (χ3n) is 8.71. The fourth-order valence-corrected chi connectivity index (χ4v) is 6.32. The van der Waals surface area contributed by atoms with Crippen LogP contribution in [0, 0.1) is 0 Å². The van der Waals surface area contributed by atoms with E-state index >= 15 is 0 Å². The van der Waals surface area contributed by atoms with E-state index < -0.39 is 52.4 Å². The minimum absolute atomic E-state index is 0.0634. The minimum atomic E-state index is -5.03. The van der Waals surface area contributed by atoms with Gasteiger partial charge in [0.05, 0.1) is 41.6 Å². The highest BCUT2D eigenvalue weighted by Crippen LogP contribution is 2.45. The van der Waals surface area contributed by atoms with Crippen LogP contribution in [0.2, 0.25) is 0 Å². The summed E-state index contributed by atoms with van der Waals surface area (Å²) in [7, 11) is 0. The Kier molecular flexibility index (Phi) is 9.10. The third kappa shape index (κ3) is 7.25. The van der Waals surface area contributed by atoms with Gasteiger partial charge in [0.25, 0.3) is 0 Å². The molecule has 0 saturated carbocycles. The first-order valence-corrected chi connectivity index (χ1v) is 15.0. The monoisotopic (exact) mass is 663 g/mol. The van der Waals surface area contributed by atoms with Crippen molar-refractivity contribution in [3.63, 3.8) is 0 Å². The summed E-state index contributed by atoms with van der Waals surface area (Å²) in [5.74, 6) is -0.317. The van der Waals surface area contributed by atoms with E-state index in [9.17, 15) is 35.9 Å². The van der Waals surface area contributed by atoms with Crippen LogP contribution in [-0.4, -0.2) is 41.3 Å². The predicted octanol–water partition coefficient (Wildman–Crippen LogP) is 7.32. The maximum absolute atomic E-state index is 14.0. The van der Waals surface area contributed by atoms with Crippen LogP contribution in [0.15, 0.2) is 78.9 Å². The molecule has 0 radical (unpaired) electrons. The molecule has 7 nitrogen and oxygen atoms in total. The molecule has 2 aliphatic rings. The molecule has 3 aromatic rings. The number of alkyl halides is 6. The molecule has 2 saturated heterocycles. The maximum atomic E-state index is 14.0. The number of carbonyl (C=O) groups excluding carboxylic acids is 2. The molecule has 0 aliphatic carbocycles. The van der Waals surface area contributed by atoms with Crippen molar-refractivity contribution in [2.45, 2.75) is 75.4 Å². The van der Waals surface area contributed by atoms with E-state index in [-0.39, 0.29) is 50.1 Å². The second kappa shape index (κ2) is 12.5. The normalized spacial score (nSPS) is 23.4. The standard InChI is InChI=1S/C34H35F6N3O4/c1-22(24-16-26(33(35,36)37)18-27(17-24)34(38,39)40)47-21-32(25-12-8-5-9-13-25)15-14-31(28(44)41-30(2,3)42-31)20-43(32)29(45)46-19-23-10-6-4-7-11-23/h4-13,16-18,22,42H,14-15,19-21H2,1-3H3,(H,41,44). The zero-order chi connectivity index (χ0) is 34.3. The largest absolute Gasteiger partial charge is 0.445 e. The van der Waals surface area contributed by atoms with Gasteiger partial charge in [0.15, 0.2) is 0 Å². The summed E-state index contributed by atoms with van der Waals surface area (Å²) in [6, 6.07) is 19.0. The summed E-state index contributed by atoms with van der Waals surface area (Å²) in [6.45, 7) is 4.37. The van der Waals surface area contributed by atoms with Gasteiger partial charge in [-0.3, -0.25) is 15.0 Å². The number of nitrogens with zero attached hydrogens (tertiary/aromatic N) is 1. The van der Waals surface area contributed by atoms with Gasteiger partial charge in [-0.1, -0.05) is 60.7 Å². The Morgan fingerprint density at radius 2 is 1.47 bits per heavy atom. The molecule has 2 amide bonds. The summed E-state index contributed by atoms with van der Waals surface area (Å²) in [6.07, 6.45) is -11.7. The lowest BCUT2D eigenvalue weighted by Gasteiger charge is -2.52. The Labute approximate surface area is 268 Å². The molecule has 0 aromatic heterocycles. The summed E-state index contributed by atoms with van der Waals surface area (Å²) >= 11 is 0. The number of carbonyl (C=O) groups is 2. The Morgan fingerprint density at radius 1 is 0.894 bits per heavy atom. The molecule has 2 aliphatic heterocycles. The van der Waals surface area contributed by atoms with Crippen LogP contribution in [0.25, 0.3) is 0 Å². The van der Waals surface area contributed by atoms with Gasteiger partial charge in [0.2, 0.25) is 5.91 Å². The number of ether oxygens (including phenoxy) is 2. The topological polar surface area (TPSA) is 79.9 Å². The molecule has 2 heterocycles. The van der Waals surface area contributed by atoms with Crippen molar-refractivity contribution in [2.75, 3.05) is 13.2 Å². The Balaban J connectivity index is 1.52. The minimum Gasteiger partial charge on any atom is -0.445 e. The summed E-state index contributed by atoms with van der Waals surface area (Å²) < 4.78 is 93.6. The molecular formula is C34H35F6N3O4. The lowest BCUT2D eigenvalue weighted by molar-refractivity contribution is -0.143. The number of piperidine rings is 1. The van der Waals surface area contributed by atoms with Crippen molar-refractivity contribution in [1.82, 2.24) is 15.5 Å². The average Bonchev–Trinajstić information content (AvgIpc) is 3.25. The summed E-state index contributed by atoms with van der Waals surface area (Å²) in [4.78, 5) is 28.8. The van der Waals surface area contributed by atoms with Crippen LogP contribution >= 0.6 is 0 Å². The lowest BCUT2D eigenvalue weighted by atomic mass is 9.74. The number of rotatable bonds is 7. The van der Waals surface area contributed by atoms with Crippen LogP contribution in [0.3, 0.4) is 0 Å². The maximum Gasteiger partial charge on any atom is 0.416 e. The van der Waals surface area contributed by atoms with Gasteiger partial charge in [-0.15, -0.1) is 0 Å². The van der Waals surface area contributed by atoms with Gasteiger partial charge < -0.3 is 14.8 Å². The first-order chi connectivity index (χ1) is 21.9. The molecule has 47 heavy (non-hydrogen) atoms. The molecule has 0 bridgehead atoms. The number of benzene rings is 3. The average molecular weight is 664 g/mol. The van der Waals surface area contributed by atoms with Gasteiger partial charge in [-0.05, 0) is 68.5 Å². The van der Waals surface area contributed by atoms with E-state index in [0.29, 0.717) is 23.3 Å². The van der Waals surface area contributed by atoms with E-state index in [1.165, 1.54) is 11.8 Å². The van der Waals surface area contributed by atoms with Gasteiger partial charge >= 0.3 is 18.4 Å². The summed E-state index contributed by atoms with van der Waals surface area (Å²) in [5, 5.41) is 6.21. The first-order valence-electron chi connectivity index (χ1n) is 15.0. The number of halogens is 6. The molecule has 2 N–H and O–H groups in total. The first kappa shape index (κ1) is 34.2. The van der Waals surface area contributed by atoms with Crippen LogP contribution in [0.5, 0.6) is 0 Å². The van der Waals surface area contributed by atoms with Crippen LogP contribution < -0.4 is 10.6 Å². The highest BCUT2D eigenvalue weighted by atomic mass is 19.4. The van der Waals surface area contributed by atoms with E-state index in [1.54, 1.807) is 68.4 Å². The Morgan fingerprint density at radius 3 is 2.00 bits per heavy atom. The molecular weight excluding hydrogens is 628 g/mol. The molecule has 13 heteroatoms. The van der Waals surface area contributed by atoms with Crippen LogP contribution in [0.1, 0.15) is 67.5 Å². The third-order valence-corrected chi connectivity index (χ3v) is 8.71. The van der Waals surface area contributed by atoms with E-state index in [2.05, 4.69) is 10.6 Å².